The molecule has 0 spiro atoms. The average Bonchev–Trinajstić information content (AvgIpc) is 2.71. The van der Waals surface area contributed by atoms with Gasteiger partial charge in [-0.2, -0.15) is 4.98 Å². The Morgan fingerprint density at radius 2 is 2.14 bits per heavy atom. The molecule has 0 unspecified atom stereocenters. The SMILES string of the molecule is O=C(O)C1CCC(c2ncno2)CC1. The molecule has 0 amide bonds. The van der Waals surface area contributed by atoms with Gasteiger partial charge < -0.3 is 9.63 Å². The molecule has 0 aliphatic heterocycles. The van der Waals surface area contributed by atoms with E-state index in [0.29, 0.717) is 18.7 Å². The average molecular weight is 196 g/mol. The Morgan fingerprint density at radius 1 is 1.43 bits per heavy atom. The van der Waals surface area contributed by atoms with Crippen LogP contribution in [0.2, 0.25) is 0 Å². The lowest BCUT2D eigenvalue weighted by molar-refractivity contribution is -0.142. The third kappa shape index (κ3) is 1.76. The van der Waals surface area contributed by atoms with E-state index in [9.17, 15) is 4.79 Å². The minimum Gasteiger partial charge on any atom is -0.481 e. The molecule has 0 aromatic carbocycles. The number of rotatable bonds is 2. The van der Waals surface area contributed by atoms with Crippen LogP contribution in [0.15, 0.2) is 10.9 Å². The third-order valence-corrected chi connectivity index (χ3v) is 2.80. The number of aliphatic carboxylic acids is 1. The van der Waals surface area contributed by atoms with Crippen LogP contribution in [0.25, 0.3) is 0 Å². The largest absolute Gasteiger partial charge is 0.481 e. The summed E-state index contributed by atoms with van der Waals surface area (Å²) in [4.78, 5) is 14.7. The molecule has 1 aromatic rings. The number of carboxylic acids is 1. The first-order valence-electron chi connectivity index (χ1n) is 4.76. The number of hydrogen-bond donors (Lipinski definition) is 1. The number of nitrogens with zero attached hydrogens (tertiary/aromatic N) is 2. The van der Waals surface area contributed by atoms with Crippen LogP contribution in [-0.4, -0.2) is 21.2 Å². The summed E-state index contributed by atoms with van der Waals surface area (Å²) in [6, 6.07) is 0. The number of hydrogen-bond acceptors (Lipinski definition) is 4. The van der Waals surface area contributed by atoms with Crippen LogP contribution in [0, 0.1) is 5.92 Å². The van der Waals surface area contributed by atoms with Gasteiger partial charge in [0.15, 0.2) is 6.33 Å². The minimum absolute atomic E-state index is 0.186. The fraction of sp³-hybridized carbons (Fsp3) is 0.667. The number of carboxylic acid groups (broad SMARTS) is 1. The predicted octanol–water partition coefficient (Wildman–Crippen LogP) is 1.43. The summed E-state index contributed by atoms with van der Waals surface area (Å²) in [6.45, 7) is 0. The van der Waals surface area contributed by atoms with E-state index in [1.54, 1.807) is 0 Å². The normalized spacial score (nSPS) is 27.4. The van der Waals surface area contributed by atoms with E-state index >= 15 is 0 Å². The molecule has 0 saturated heterocycles. The van der Waals surface area contributed by atoms with E-state index in [1.165, 1.54) is 6.33 Å². The van der Waals surface area contributed by atoms with Gasteiger partial charge in [-0.05, 0) is 25.7 Å². The molecular formula is C9H12N2O3. The van der Waals surface area contributed by atoms with Crippen molar-refractivity contribution in [2.75, 3.05) is 0 Å². The van der Waals surface area contributed by atoms with Crippen molar-refractivity contribution in [1.29, 1.82) is 0 Å². The molecule has 5 nitrogen and oxygen atoms in total. The summed E-state index contributed by atoms with van der Waals surface area (Å²) >= 11 is 0. The molecule has 5 heteroatoms. The molecule has 1 saturated carbocycles. The molecule has 14 heavy (non-hydrogen) atoms. The van der Waals surface area contributed by atoms with E-state index in [4.69, 9.17) is 9.63 Å². The second-order valence-corrected chi connectivity index (χ2v) is 3.67. The minimum atomic E-state index is -0.686. The highest BCUT2D eigenvalue weighted by Gasteiger charge is 2.28. The lowest BCUT2D eigenvalue weighted by atomic mass is 9.82. The first-order valence-corrected chi connectivity index (χ1v) is 4.76. The van der Waals surface area contributed by atoms with Gasteiger partial charge in [-0.3, -0.25) is 4.79 Å². The number of carbonyl (C=O) groups is 1. The second kappa shape index (κ2) is 3.77. The fourth-order valence-corrected chi connectivity index (χ4v) is 1.95. The van der Waals surface area contributed by atoms with Crippen LogP contribution in [0.4, 0.5) is 0 Å². The number of aromatic nitrogens is 2. The van der Waals surface area contributed by atoms with Gasteiger partial charge in [0.2, 0.25) is 5.89 Å². The van der Waals surface area contributed by atoms with Gasteiger partial charge in [-0.25, -0.2) is 0 Å². The summed E-state index contributed by atoms with van der Waals surface area (Å²) < 4.78 is 4.96. The Labute approximate surface area is 81.1 Å². The zero-order valence-electron chi connectivity index (χ0n) is 7.72. The van der Waals surface area contributed by atoms with Crippen LogP contribution in [0.1, 0.15) is 37.5 Å². The van der Waals surface area contributed by atoms with E-state index in [0.717, 1.165) is 12.8 Å². The summed E-state index contributed by atoms with van der Waals surface area (Å²) in [5, 5.41) is 12.4. The zero-order valence-corrected chi connectivity index (χ0v) is 7.72. The van der Waals surface area contributed by atoms with Gasteiger partial charge in [-0.15, -0.1) is 0 Å². The van der Waals surface area contributed by atoms with Crippen molar-refractivity contribution in [1.82, 2.24) is 10.1 Å². The lowest BCUT2D eigenvalue weighted by Gasteiger charge is -2.23. The highest BCUT2D eigenvalue weighted by Crippen LogP contribution is 2.34. The lowest BCUT2D eigenvalue weighted by Crippen LogP contribution is -2.20. The van der Waals surface area contributed by atoms with Crippen molar-refractivity contribution < 1.29 is 14.4 Å². The van der Waals surface area contributed by atoms with Gasteiger partial charge in [0.25, 0.3) is 0 Å². The van der Waals surface area contributed by atoms with Crippen LogP contribution in [0.3, 0.4) is 0 Å². The maximum absolute atomic E-state index is 10.7. The van der Waals surface area contributed by atoms with Crippen LogP contribution in [-0.2, 0) is 4.79 Å². The van der Waals surface area contributed by atoms with Crippen molar-refractivity contribution in [3.8, 4) is 0 Å². The topological polar surface area (TPSA) is 76.2 Å². The molecule has 2 rings (SSSR count). The Hall–Kier alpha value is -1.39. The molecule has 0 radical (unpaired) electrons. The third-order valence-electron chi connectivity index (χ3n) is 2.80. The van der Waals surface area contributed by atoms with Crippen LogP contribution in [0.5, 0.6) is 0 Å². The monoisotopic (exact) mass is 196 g/mol. The molecule has 1 heterocycles. The summed E-state index contributed by atoms with van der Waals surface area (Å²) in [5.74, 6) is 0.0325. The molecule has 1 aromatic heterocycles. The van der Waals surface area contributed by atoms with Gasteiger partial charge in [0.1, 0.15) is 0 Å². The second-order valence-electron chi connectivity index (χ2n) is 3.67. The first kappa shape index (κ1) is 9.18. The van der Waals surface area contributed by atoms with E-state index < -0.39 is 5.97 Å². The fourth-order valence-electron chi connectivity index (χ4n) is 1.95. The van der Waals surface area contributed by atoms with E-state index in [2.05, 4.69) is 10.1 Å². The Morgan fingerprint density at radius 3 is 2.64 bits per heavy atom. The Bertz CT molecular complexity index is 302. The predicted molar refractivity (Wildman–Crippen MR) is 46.6 cm³/mol. The van der Waals surface area contributed by atoms with Gasteiger partial charge in [0.05, 0.1) is 5.92 Å². The van der Waals surface area contributed by atoms with Crippen molar-refractivity contribution >= 4 is 5.97 Å². The Kier molecular flexibility index (Phi) is 2.47. The summed E-state index contributed by atoms with van der Waals surface area (Å²) in [6.07, 6.45) is 4.47. The van der Waals surface area contributed by atoms with Crippen LogP contribution < -0.4 is 0 Å². The van der Waals surface area contributed by atoms with Gasteiger partial charge in [0, 0.05) is 5.92 Å². The zero-order chi connectivity index (χ0) is 9.97. The highest BCUT2D eigenvalue weighted by molar-refractivity contribution is 5.70. The molecule has 1 fully saturated rings. The molecule has 1 aliphatic rings. The van der Waals surface area contributed by atoms with Crippen molar-refractivity contribution in [3.05, 3.63) is 12.2 Å². The maximum atomic E-state index is 10.7. The molecule has 0 bridgehead atoms. The molecular weight excluding hydrogens is 184 g/mol. The smallest absolute Gasteiger partial charge is 0.306 e. The Balaban J connectivity index is 1.93. The van der Waals surface area contributed by atoms with Gasteiger partial charge >= 0.3 is 5.97 Å². The maximum Gasteiger partial charge on any atom is 0.306 e. The molecule has 1 aliphatic carbocycles. The summed E-state index contributed by atoms with van der Waals surface area (Å²) in [5.41, 5.74) is 0. The summed E-state index contributed by atoms with van der Waals surface area (Å²) in [7, 11) is 0. The van der Waals surface area contributed by atoms with E-state index in [1.807, 2.05) is 0 Å². The van der Waals surface area contributed by atoms with Crippen molar-refractivity contribution in [3.63, 3.8) is 0 Å². The quantitative estimate of drug-likeness (QED) is 0.774. The standard InChI is InChI=1S/C9H12N2O3/c12-9(13)7-3-1-6(2-4-7)8-10-5-11-14-8/h5-7H,1-4H2,(H,12,13). The molecule has 76 valence electrons. The first-order chi connectivity index (χ1) is 6.77. The molecule has 1 N–H and O–H groups in total. The van der Waals surface area contributed by atoms with Crippen molar-refractivity contribution in [2.24, 2.45) is 5.92 Å². The van der Waals surface area contributed by atoms with Crippen LogP contribution >= 0.6 is 0 Å². The van der Waals surface area contributed by atoms with Gasteiger partial charge in [-0.1, -0.05) is 5.16 Å². The van der Waals surface area contributed by atoms with Crippen molar-refractivity contribution in [2.45, 2.75) is 31.6 Å². The van der Waals surface area contributed by atoms with E-state index in [-0.39, 0.29) is 11.8 Å². The molecule has 0 atom stereocenters. The highest BCUT2D eigenvalue weighted by atomic mass is 16.5.